The fraction of sp³-hybridized carbons (Fsp3) is 0.333. The molecule has 0 unspecified atom stereocenters. The highest BCUT2D eigenvalue weighted by Gasteiger charge is 2.25. The van der Waals surface area contributed by atoms with Crippen molar-refractivity contribution < 1.29 is 4.79 Å². The average Bonchev–Trinajstić information content (AvgIpc) is 3.04. The number of nitrogens with zero attached hydrogens (tertiary/aromatic N) is 4. The molecule has 1 heterocycles. The van der Waals surface area contributed by atoms with Crippen molar-refractivity contribution in [2.24, 2.45) is 13.0 Å². The standard InChI is InChI=1S/C24H29ClN4O/c1-17(2)15-29(24(30)19-11-13-20(25)14-12-19)16-21-22(18-9-7-6-8-10-18)26-28(5)23(21)27(3)4/h6-14,17H,15-16H2,1-5H3. The lowest BCUT2D eigenvalue weighted by molar-refractivity contribution is 0.0723. The molecule has 0 saturated heterocycles. The molecule has 158 valence electrons. The summed E-state index contributed by atoms with van der Waals surface area (Å²) in [6, 6.07) is 17.2. The van der Waals surface area contributed by atoms with Crippen LogP contribution in [0.15, 0.2) is 54.6 Å². The van der Waals surface area contributed by atoms with Gasteiger partial charge in [0.2, 0.25) is 0 Å². The molecule has 0 aliphatic carbocycles. The lowest BCUT2D eigenvalue weighted by Crippen LogP contribution is -2.34. The Bertz CT molecular complexity index is 994. The van der Waals surface area contributed by atoms with E-state index >= 15 is 0 Å². The molecule has 0 aliphatic heterocycles. The van der Waals surface area contributed by atoms with Gasteiger partial charge in [0.1, 0.15) is 5.82 Å². The van der Waals surface area contributed by atoms with Crippen molar-refractivity contribution in [1.29, 1.82) is 0 Å². The number of rotatable bonds is 7. The molecule has 3 rings (SSSR count). The molecule has 3 aromatic rings. The number of halogens is 1. The molecule has 6 heteroatoms. The molecule has 0 radical (unpaired) electrons. The summed E-state index contributed by atoms with van der Waals surface area (Å²) in [5, 5.41) is 5.42. The van der Waals surface area contributed by atoms with Crippen LogP contribution in [0.25, 0.3) is 11.3 Å². The number of hydrogen-bond donors (Lipinski definition) is 0. The topological polar surface area (TPSA) is 41.4 Å². The van der Waals surface area contributed by atoms with Crippen LogP contribution in [0.4, 0.5) is 5.82 Å². The summed E-state index contributed by atoms with van der Waals surface area (Å²) in [6.45, 7) is 5.37. The zero-order valence-electron chi connectivity index (χ0n) is 18.3. The van der Waals surface area contributed by atoms with Crippen molar-refractivity contribution in [2.45, 2.75) is 20.4 Å². The van der Waals surface area contributed by atoms with E-state index in [1.807, 2.05) is 48.9 Å². The maximum Gasteiger partial charge on any atom is 0.254 e. The Morgan fingerprint density at radius 2 is 1.70 bits per heavy atom. The molecule has 0 N–H and O–H groups in total. The first-order valence-corrected chi connectivity index (χ1v) is 10.5. The number of hydrogen-bond acceptors (Lipinski definition) is 3. The van der Waals surface area contributed by atoms with Crippen LogP contribution in [-0.2, 0) is 13.6 Å². The monoisotopic (exact) mass is 424 g/mol. The molecule has 1 aromatic heterocycles. The van der Waals surface area contributed by atoms with Crippen LogP contribution in [0.2, 0.25) is 5.02 Å². The third kappa shape index (κ3) is 4.85. The molecular weight excluding hydrogens is 396 g/mol. The largest absolute Gasteiger partial charge is 0.363 e. The van der Waals surface area contributed by atoms with E-state index in [0.717, 1.165) is 22.6 Å². The van der Waals surface area contributed by atoms with Crippen LogP contribution in [0.5, 0.6) is 0 Å². The second-order valence-electron chi connectivity index (χ2n) is 8.12. The summed E-state index contributed by atoms with van der Waals surface area (Å²) in [6.07, 6.45) is 0. The lowest BCUT2D eigenvalue weighted by Gasteiger charge is -2.26. The van der Waals surface area contributed by atoms with E-state index in [0.29, 0.717) is 29.6 Å². The van der Waals surface area contributed by atoms with Gasteiger partial charge in [0.15, 0.2) is 0 Å². The van der Waals surface area contributed by atoms with Crippen molar-refractivity contribution in [3.8, 4) is 11.3 Å². The summed E-state index contributed by atoms with van der Waals surface area (Å²) in [7, 11) is 5.95. The average molecular weight is 425 g/mol. The highest BCUT2D eigenvalue weighted by atomic mass is 35.5. The summed E-state index contributed by atoms with van der Waals surface area (Å²) >= 11 is 6.02. The first-order valence-electron chi connectivity index (χ1n) is 10.1. The molecule has 2 aromatic carbocycles. The van der Waals surface area contributed by atoms with E-state index in [9.17, 15) is 4.79 Å². The number of carbonyl (C=O) groups excluding carboxylic acids is 1. The molecule has 5 nitrogen and oxygen atoms in total. The molecule has 0 fully saturated rings. The maximum atomic E-state index is 13.4. The van der Waals surface area contributed by atoms with Gasteiger partial charge >= 0.3 is 0 Å². The second kappa shape index (κ2) is 9.35. The van der Waals surface area contributed by atoms with Crippen LogP contribution in [0.3, 0.4) is 0 Å². The van der Waals surface area contributed by atoms with Gasteiger partial charge in [-0.1, -0.05) is 55.8 Å². The molecule has 0 atom stereocenters. The Morgan fingerprint density at radius 1 is 1.07 bits per heavy atom. The van der Waals surface area contributed by atoms with Gasteiger partial charge in [-0.05, 0) is 30.2 Å². The number of aryl methyl sites for hydroxylation is 1. The molecule has 0 saturated carbocycles. The minimum Gasteiger partial charge on any atom is -0.363 e. The van der Waals surface area contributed by atoms with Crippen LogP contribution >= 0.6 is 11.6 Å². The number of anilines is 1. The fourth-order valence-corrected chi connectivity index (χ4v) is 3.84. The Kier molecular flexibility index (Phi) is 6.83. The van der Waals surface area contributed by atoms with Crippen molar-refractivity contribution in [3.05, 3.63) is 70.7 Å². The predicted molar refractivity (Wildman–Crippen MR) is 124 cm³/mol. The molecule has 30 heavy (non-hydrogen) atoms. The van der Waals surface area contributed by atoms with Gasteiger partial charge in [0.25, 0.3) is 5.91 Å². The van der Waals surface area contributed by atoms with Crippen molar-refractivity contribution in [3.63, 3.8) is 0 Å². The number of aromatic nitrogens is 2. The van der Waals surface area contributed by atoms with Gasteiger partial charge in [0.05, 0.1) is 12.2 Å². The van der Waals surface area contributed by atoms with E-state index in [-0.39, 0.29) is 5.91 Å². The molecule has 0 bridgehead atoms. The van der Waals surface area contributed by atoms with E-state index in [1.54, 1.807) is 24.3 Å². The van der Waals surface area contributed by atoms with Crippen LogP contribution in [0.1, 0.15) is 29.8 Å². The summed E-state index contributed by atoms with van der Waals surface area (Å²) < 4.78 is 1.89. The van der Waals surface area contributed by atoms with Crippen molar-refractivity contribution >= 4 is 23.3 Å². The summed E-state index contributed by atoms with van der Waals surface area (Å²) in [4.78, 5) is 17.3. The van der Waals surface area contributed by atoms with Crippen LogP contribution in [-0.4, -0.2) is 41.2 Å². The van der Waals surface area contributed by atoms with E-state index < -0.39 is 0 Å². The van der Waals surface area contributed by atoms with Gasteiger partial charge in [-0.3, -0.25) is 9.48 Å². The first-order chi connectivity index (χ1) is 14.3. The zero-order valence-corrected chi connectivity index (χ0v) is 19.0. The van der Waals surface area contributed by atoms with Gasteiger partial charge in [-0.15, -0.1) is 0 Å². The normalized spacial score (nSPS) is 11.0. The smallest absolute Gasteiger partial charge is 0.254 e. The quantitative estimate of drug-likeness (QED) is 0.529. The number of amides is 1. The molecular formula is C24H29ClN4O. The first kappa shape index (κ1) is 21.9. The molecule has 0 aliphatic rings. The number of carbonyl (C=O) groups is 1. The van der Waals surface area contributed by atoms with Gasteiger partial charge in [-0.2, -0.15) is 5.10 Å². The zero-order chi connectivity index (χ0) is 21.8. The maximum absolute atomic E-state index is 13.4. The SMILES string of the molecule is CC(C)CN(Cc1c(-c2ccccc2)nn(C)c1N(C)C)C(=O)c1ccc(Cl)cc1. The summed E-state index contributed by atoms with van der Waals surface area (Å²) in [5.74, 6) is 1.32. The molecule has 1 amide bonds. The minimum absolute atomic E-state index is 0.00654. The Morgan fingerprint density at radius 3 is 2.27 bits per heavy atom. The van der Waals surface area contributed by atoms with E-state index in [2.05, 4.69) is 30.9 Å². The van der Waals surface area contributed by atoms with Gasteiger partial charge in [-0.25, -0.2) is 0 Å². The number of benzene rings is 2. The Hall–Kier alpha value is -2.79. The minimum atomic E-state index is -0.00654. The highest BCUT2D eigenvalue weighted by molar-refractivity contribution is 6.30. The van der Waals surface area contributed by atoms with Crippen LogP contribution < -0.4 is 4.90 Å². The van der Waals surface area contributed by atoms with Gasteiger partial charge < -0.3 is 9.80 Å². The van der Waals surface area contributed by atoms with Crippen LogP contribution in [0, 0.1) is 5.92 Å². The molecule has 0 spiro atoms. The lowest BCUT2D eigenvalue weighted by atomic mass is 10.1. The highest BCUT2D eigenvalue weighted by Crippen LogP contribution is 2.31. The van der Waals surface area contributed by atoms with Gasteiger partial charge in [0, 0.05) is 49.4 Å². The Balaban J connectivity index is 2.05. The van der Waals surface area contributed by atoms with Crippen molar-refractivity contribution in [1.82, 2.24) is 14.7 Å². The second-order valence-corrected chi connectivity index (χ2v) is 8.56. The van der Waals surface area contributed by atoms with E-state index in [4.69, 9.17) is 16.7 Å². The fourth-order valence-electron chi connectivity index (χ4n) is 3.72. The third-order valence-corrected chi connectivity index (χ3v) is 5.15. The third-order valence-electron chi connectivity index (χ3n) is 4.90. The van der Waals surface area contributed by atoms with Crippen molar-refractivity contribution in [2.75, 3.05) is 25.5 Å². The predicted octanol–water partition coefficient (Wildman–Crippen LogP) is 5.10. The summed E-state index contributed by atoms with van der Waals surface area (Å²) in [5.41, 5.74) is 3.62. The van der Waals surface area contributed by atoms with E-state index in [1.165, 1.54) is 0 Å². The Labute approximate surface area is 183 Å².